The zero-order valence-corrected chi connectivity index (χ0v) is 12.7. The van der Waals surface area contributed by atoms with Crippen LogP contribution in [-0.4, -0.2) is 38.2 Å². The topological polar surface area (TPSA) is 50.5 Å². The van der Waals surface area contributed by atoms with Crippen LogP contribution >= 0.6 is 23.1 Å². The van der Waals surface area contributed by atoms with Gasteiger partial charge in [-0.1, -0.05) is 24.2 Å². The minimum Gasteiger partial charge on any atom is -0.342 e. The van der Waals surface area contributed by atoms with Crippen molar-refractivity contribution in [3.8, 4) is 0 Å². The van der Waals surface area contributed by atoms with Gasteiger partial charge in [0.15, 0.2) is 0 Å². The number of aromatic nitrogens is 3. The van der Waals surface area contributed by atoms with Crippen LogP contribution in [0.3, 0.4) is 0 Å². The number of hydrogen-bond acceptors (Lipinski definition) is 6. The summed E-state index contributed by atoms with van der Waals surface area (Å²) in [6.45, 7) is 1.03. The molecular weight excluding hydrogens is 292 g/mol. The van der Waals surface area contributed by atoms with E-state index in [9.17, 15) is 4.79 Å². The Bertz CT molecular complexity index is 680. The summed E-state index contributed by atoms with van der Waals surface area (Å²) in [6, 6.07) is 2.05. The van der Waals surface area contributed by atoms with Gasteiger partial charge in [-0.2, -0.15) is 16.3 Å². The van der Waals surface area contributed by atoms with Crippen molar-refractivity contribution in [2.24, 2.45) is 0 Å². The lowest BCUT2D eigenvalue weighted by molar-refractivity contribution is 0.421. The molecule has 0 radical (unpaired) electrons. The van der Waals surface area contributed by atoms with Crippen molar-refractivity contribution >= 4 is 33.2 Å². The lowest BCUT2D eigenvalue weighted by atomic mass is 9.93. The number of nitrogens with zero attached hydrogens (tertiary/aromatic N) is 4. The highest BCUT2D eigenvalue weighted by molar-refractivity contribution is 8.00. The Morgan fingerprint density at radius 1 is 1.30 bits per heavy atom. The van der Waals surface area contributed by atoms with Gasteiger partial charge in [0.25, 0.3) is 5.56 Å². The molecule has 0 aromatic carbocycles. The molecule has 20 heavy (non-hydrogen) atoms. The van der Waals surface area contributed by atoms with Crippen molar-refractivity contribution in [3.05, 3.63) is 22.6 Å². The summed E-state index contributed by atoms with van der Waals surface area (Å²) >= 11 is 3.64. The molecule has 2 aromatic rings. The fourth-order valence-corrected chi connectivity index (χ4v) is 5.59. The third kappa shape index (κ3) is 2.03. The average molecular weight is 308 g/mol. The highest BCUT2D eigenvalue weighted by atomic mass is 32.2. The van der Waals surface area contributed by atoms with Crippen LogP contribution in [0.4, 0.5) is 5.13 Å². The zero-order chi connectivity index (χ0) is 13.5. The molecule has 0 spiro atoms. The first kappa shape index (κ1) is 12.6. The standard InChI is InChI=1S/C13H16N4OS2/c18-11-5-6-14-12-17(11)15-13(20-12)16-7-8-19-10-4-2-1-3-9(10)16/h5-6,9-10H,1-4,7-8H2/t9-,10-/m1/s1. The van der Waals surface area contributed by atoms with Gasteiger partial charge in [-0.15, -0.1) is 5.10 Å². The van der Waals surface area contributed by atoms with Crippen LogP contribution in [0.15, 0.2) is 17.1 Å². The monoisotopic (exact) mass is 308 g/mol. The molecule has 4 rings (SSSR count). The zero-order valence-electron chi connectivity index (χ0n) is 11.1. The molecule has 1 aliphatic carbocycles. The number of hydrogen-bond donors (Lipinski definition) is 0. The van der Waals surface area contributed by atoms with E-state index in [1.54, 1.807) is 6.20 Å². The molecular formula is C13H16N4OS2. The number of thioether (sulfide) groups is 1. The van der Waals surface area contributed by atoms with E-state index in [1.807, 2.05) is 0 Å². The molecule has 2 aromatic heterocycles. The summed E-state index contributed by atoms with van der Waals surface area (Å²) in [5.74, 6) is 1.15. The van der Waals surface area contributed by atoms with E-state index in [4.69, 9.17) is 0 Å². The summed E-state index contributed by atoms with van der Waals surface area (Å²) in [7, 11) is 0. The first-order valence-electron chi connectivity index (χ1n) is 7.06. The fourth-order valence-electron chi connectivity index (χ4n) is 3.18. The molecule has 1 aliphatic heterocycles. The average Bonchev–Trinajstić information content (AvgIpc) is 2.92. The number of rotatable bonds is 1. The molecule has 0 N–H and O–H groups in total. The SMILES string of the molecule is O=c1ccnc2sc(N3CCS[C@@H]4CCCC[C@H]43)nn12. The van der Waals surface area contributed by atoms with Crippen molar-refractivity contribution in [1.29, 1.82) is 0 Å². The van der Waals surface area contributed by atoms with Crippen molar-refractivity contribution in [2.45, 2.75) is 37.0 Å². The first-order chi connectivity index (χ1) is 9.83. The lowest BCUT2D eigenvalue weighted by Crippen LogP contribution is -2.49. The van der Waals surface area contributed by atoms with Gasteiger partial charge >= 0.3 is 0 Å². The highest BCUT2D eigenvalue weighted by Crippen LogP contribution is 2.38. The highest BCUT2D eigenvalue weighted by Gasteiger charge is 2.35. The van der Waals surface area contributed by atoms with Gasteiger partial charge in [-0.3, -0.25) is 4.79 Å². The van der Waals surface area contributed by atoms with Crippen LogP contribution in [0, 0.1) is 0 Å². The van der Waals surface area contributed by atoms with E-state index >= 15 is 0 Å². The smallest absolute Gasteiger partial charge is 0.275 e. The molecule has 7 heteroatoms. The Hall–Kier alpha value is -1.08. The van der Waals surface area contributed by atoms with E-state index in [0.717, 1.165) is 22.7 Å². The van der Waals surface area contributed by atoms with Gasteiger partial charge in [0.1, 0.15) is 0 Å². The second-order valence-corrected chi connectivity index (χ2v) is 7.60. The quantitative estimate of drug-likeness (QED) is 0.806. The molecule has 1 saturated heterocycles. The Kier molecular flexibility index (Phi) is 3.18. The minimum atomic E-state index is -0.0934. The van der Waals surface area contributed by atoms with Gasteiger partial charge in [0, 0.05) is 35.9 Å². The molecule has 0 unspecified atom stereocenters. The molecule has 0 amide bonds. The molecule has 5 nitrogen and oxygen atoms in total. The van der Waals surface area contributed by atoms with Crippen LogP contribution in [0.1, 0.15) is 25.7 Å². The molecule has 2 fully saturated rings. The van der Waals surface area contributed by atoms with Crippen LogP contribution in [0.5, 0.6) is 0 Å². The Labute approximate surface area is 125 Å². The fraction of sp³-hybridized carbons (Fsp3) is 0.615. The normalized spacial score (nSPS) is 26.7. The summed E-state index contributed by atoms with van der Waals surface area (Å²) in [5.41, 5.74) is -0.0934. The lowest BCUT2D eigenvalue weighted by Gasteiger charge is -2.43. The summed E-state index contributed by atoms with van der Waals surface area (Å²) in [5, 5.41) is 6.19. The second kappa shape index (κ2) is 5.04. The Balaban J connectivity index is 1.73. The first-order valence-corrected chi connectivity index (χ1v) is 8.92. The predicted molar refractivity (Wildman–Crippen MR) is 83.0 cm³/mol. The predicted octanol–water partition coefficient (Wildman–Crippen LogP) is 2.02. The maximum Gasteiger partial charge on any atom is 0.275 e. The van der Waals surface area contributed by atoms with Gasteiger partial charge in [-0.05, 0) is 12.8 Å². The van der Waals surface area contributed by atoms with Gasteiger partial charge < -0.3 is 4.90 Å². The summed E-state index contributed by atoms with van der Waals surface area (Å²) in [6.07, 6.45) is 6.78. The number of anilines is 1. The molecule has 2 aliphatic rings. The minimum absolute atomic E-state index is 0.0934. The van der Waals surface area contributed by atoms with Gasteiger partial charge in [0.05, 0.1) is 0 Å². The van der Waals surface area contributed by atoms with Crippen LogP contribution in [0.2, 0.25) is 0 Å². The van der Waals surface area contributed by atoms with Crippen molar-refractivity contribution in [3.63, 3.8) is 0 Å². The maximum absolute atomic E-state index is 11.8. The van der Waals surface area contributed by atoms with Crippen molar-refractivity contribution in [2.75, 3.05) is 17.2 Å². The van der Waals surface area contributed by atoms with Gasteiger partial charge in [-0.25, -0.2) is 4.98 Å². The van der Waals surface area contributed by atoms with Crippen LogP contribution in [0.25, 0.3) is 4.96 Å². The van der Waals surface area contributed by atoms with E-state index in [0.29, 0.717) is 11.0 Å². The van der Waals surface area contributed by atoms with Gasteiger partial charge in [0.2, 0.25) is 10.1 Å². The molecule has 2 atom stereocenters. The van der Waals surface area contributed by atoms with E-state index < -0.39 is 0 Å². The van der Waals surface area contributed by atoms with E-state index in [1.165, 1.54) is 47.6 Å². The molecule has 3 heterocycles. The second-order valence-electron chi connectivity index (χ2n) is 5.32. The Morgan fingerprint density at radius 2 is 2.20 bits per heavy atom. The summed E-state index contributed by atoms with van der Waals surface area (Å²) in [4.78, 5) is 19.2. The van der Waals surface area contributed by atoms with Crippen LogP contribution < -0.4 is 10.5 Å². The van der Waals surface area contributed by atoms with Crippen molar-refractivity contribution < 1.29 is 0 Å². The van der Waals surface area contributed by atoms with Crippen molar-refractivity contribution in [1.82, 2.24) is 14.6 Å². The number of fused-ring (bicyclic) bond motifs is 2. The molecule has 0 bridgehead atoms. The third-order valence-corrected chi connectivity index (χ3v) is 6.49. The summed E-state index contributed by atoms with van der Waals surface area (Å²) < 4.78 is 1.43. The Morgan fingerprint density at radius 3 is 3.10 bits per heavy atom. The van der Waals surface area contributed by atoms with E-state index in [-0.39, 0.29) is 5.56 Å². The molecule has 1 saturated carbocycles. The third-order valence-electron chi connectivity index (χ3n) is 4.14. The molecule has 106 valence electrons. The van der Waals surface area contributed by atoms with Crippen LogP contribution in [-0.2, 0) is 0 Å². The largest absolute Gasteiger partial charge is 0.342 e. The maximum atomic E-state index is 11.8. The van der Waals surface area contributed by atoms with E-state index in [2.05, 4.69) is 26.7 Å².